The number of benzene rings is 1. The van der Waals surface area contributed by atoms with E-state index >= 15 is 0 Å². The first-order valence-electron chi connectivity index (χ1n) is 8.49. The van der Waals surface area contributed by atoms with Crippen LogP contribution in [0.3, 0.4) is 0 Å². The lowest BCUT2D eigenvalue weighted by atomic mass is 10.2. The summed E-state index contributed by atoms with van der Waals surface area (Å²) in [5, 5.41) is 10.1. The van der Waals surface area contributed by atoms with Crippen molar-refractivity contribution in [3.8, 4) is 5.75 Å². The van der Waals surface area contributed by atoms with Gasteiger partial charge >= 0.3 is 0 Å². The van der Waals surface area contributed by atoms with Gasteiger partial charge in [0.1, 0.15) is 11.6 Å². The molecule has 6 nitrogen and oxygen atoms in total. The van der Waals surface area contributed by atoms with E-state index in [1.54, 1.807) is 0 Å². The Hall–Kier alpha value is -2.55. The van der Waals surface area contributed by atoms with Gasteiger partial charge in [0, 0.05) is 30.0 Å². The van der Waals surface area contributed by atoms with Crippen LogP contribution in [0.4, 0.5) is 13.2 Å². The number of carbonyl (C=O) groups is 1. The number of carbonyl (C=O) groups excluding carboxylic acids is 1. The molecule has 0 spiro atoms. The van der Waals surface area contributed by atoms with Crippen LogP contribution in [0.1, 0.15) is 30.5 Å². The standard InChI is InChI=1S/C18H17ClF3N3O3/c1-9(23-15(26)8-27-10-3-4-13(19)14(20)6-10)2-5-16-24-25-18(28-16)12-7-11(12)17(21)22/h3-4,6,11-12,17H,1-2,5,7-8H2,(H,23,26)/t11-,12-/m0/s1. The number of halogens is 4. The number of hydrogen-bond acceptors (Lipinski definition) is 5. The molecule has 3 rings (SSSR count). The Morgan fingerprint density at radius 1 is 1.43 bits per heavy atom. The molecule has 1 amide bonds. The first-order chi connectivity index (χ1) is 13.3. The zero-order valence-electron chi connectivity index (χ0n) is 14.6. The van der Waals surface area contributed by atoms with Gasteiger partial charge in [-0.15, -0.1) is 10.2 Å². The van der Waals surface area contributed by atoms with Gasteiger partial charge in [0.05, 0.1) is 5.02 Å². The zero-order valence-corrected chi connectivity index (χ0v) is 15.4. The van der Waals surface area contributed by atoms with Crippen LogP contribution in [0.25, 0.3) is 0 Å². The smallest absolute Gasteiger partial charge is 0.262 e. The molecule has 0 radical (unpaired) electrons. The second-order valence-electron chi connectivity index (χ2n) is 6.39. The Morgan fingerprint density at radius 2 is 2.21 bits per heavy atom. The largest absolute Gasteiger partial charge is 0.484 e. The quantitative estimate of drug-likeness (QED) is 0.672. The average Bonchev–Trinajstić information content (AvgIpc) is 3.32. The first kappa shape index (κ1) is 20.2. The van der Waals surface area contributed by atoms with Crippen LogP contribution in [-0.4, -0.2) is 29.1 Å². The summed E-state index contributed by atoms with van der Waals surface area (Å²) in [5.41, 5.74) is 0.396. The van der Waals surface area contributed by atoms with Crippen molar-refractivity contribution >= 4 is 17.5 Å². The van der Waals surface area contributed by atoms with Crippen molar-refractivity contribution in [2.24, 2.45) is 5.92 Å². The Labute approximate surface area is 163 Å². The molecule has 1 fully saturated rings. The maximum atomic E-state index is 13.3. The molecule has 2 aromatic rings. The van der Waals surface area contributed by atoms with E-state index in [0.29, 0.717) is 30.9 Å². The molecular weight excluding hydrogens is 399 g/mol. The Balaban J connectivity index is 1.39. The zero-order chi connectivity index (χ0) is 20.3. The number of nitrogens with one attached hydrogen (secondary N) is 1. The molecule has 1 heterocycles. The van der Waals surface area contributed by atoms with E-state index in [2.05, 4.69) is 22.1 Å². The van der Waals surface area contributed by atoms with E-state index in [1.165, 1.54) is 12.1 Å². The first-order valence-corrected chi connectivity index (χ1v) is 8.87. The molecule has 2 atom stereocenters. The van der Waals surface area contributed by atoms with Crippen molar-refractivity contribution in [3.05, 3.63) is 53.1 Å². The Morgan fingerprint density at radius 3 is 2.89 bits per heavy atom. The predicted octanol–water partition coefficient (Wildman–Crippen LogP) is 3.87. The van der Waals surface area contributed by atoms with E-state index in [1.807, 2.05) is 0 Å². The van der Waals surface area contributed by atoms with Crippen molar-refractivity contribution in [3.63, 3.8) is 0 Å². The maximum Gasteiger partial charge on any atom is 0.262 e. The van der Waals surface area contributed by atoms with Gasteiger partial charge in [-0.1, -0.05) is 18.2 Å². The van der Waals surface area contributed by atoms with Crippen LogP contribution < -0.4 is 10.1 Å². The Kier molecular flexibility index (Phi) is 6.23. The number of allylic oxidation sites excluding steroid dienone is 1. The maximum absolute atomic E-state index is 13.3. The summed E-state index contributed by atoms with van der Waals surface area (Å²) in [4.78, 5) is 11.9. The van der Waals surface area contributed by atoms with Crippen LogP contribution in [0.2, 0.25) is 5.02 Å². The second kappa shape index (κ2) is 8.64. The van der Waals surface area contributed by atoms with Crippen LogP contribution in [-0.2, 0) is 11.2 Å². The summed E-state index contributed by atoms with van der Waals surface area (Å²) in [7, 11) is 0. The lowest BCUT2D eigenvalue weighted by Gasteiger charge is -2.09. The summed E-state index contributed by atoms with van der Waals surface area (Å²) in [6.07, 6.45) is -1.41. The van der Waals surface area contributed by atoms with Gasteiger partial charge in [-0.2, -0.15) is 0 Å². The highest BCUT2D eigenvalue weighted by Crippen LogP contribution is 2.50. The van der Waals surface area contributed by atoms with Crippen molar-refractivity contribution < 1.29 is 27.1 Å². The highest BCUT2D eigenvalue weighted by atomic mass is 35.5. The van der Waals surface area contributed by atoms with Gasteiger partial charge in [0.15, 0.2) is 6.61 Å². The Bertz CT molecular complexity index is 875. The lowest BCUT2D eigenvalue weighted by molar-refractivity contribution is -0.122. The molecular formula is C18H17ClF3N3O3. The molecule has 150 valence electrons. The topological polar surface area (TPSA) is 77.3 Å². The number of alkyl halides is 2. The number of rotatable bonds is 9. The van der Waals surface area contributed by atoms with Crippen molar-refractivity contribution in [1.82, 2.24) is 15.5 Å². The van der Waals surface area contributed by atoms with Crippen LogP contribution >= 0.6 is 11.6 Å². The molecule has 1 aliphatic carbocycles. The summed E-state index contributed by atoms with van der Waals surface area (Å²) in [5.74, 6) is -1.52. The number of aromatic nitrogens is 2. The van der Waals surface area contributed by atoms with Crippen LogP contribution in [0, 0.1) is 11.7 Å². The molecule has 0 unspecified atom stereocenters. The number of ether oxygens (including phenoxy) is 1. The second-order valence-corrected chi connectivity index (χ2v) is 6.80. The van der Waals surface area contributed by atoms with Gasteiger partial charge < -0.3 is 14.5 Å². The van der Waals surface area contributed by atoms with Crippen LogP contribution in [0.15, 0.2) is 34.9 Å². The fourth-order valence-corrected chi connectivity index (χ4v) is 2.68. The third-order valence-electron chi connectivity index (χ3n) is 4.18. The molecule has 1 aromatic heterocycles. The van der Waals surface area contributed by atoms with E-state index in [4.69, 9.17) is 20.8 Å². The van der Waals surface area contributed by atoms with Gasteiger partial charge in [0.25, 0.3) is 5.91 Å². The molecule has 10 heteroatoms. The number of nitrogens with zero attached hydrogens (tertiary/aromatic N) is 2. The average molecular weight is 416 g/mol. The van der Waals surface area contributed by atoms with E-state index in [-0.39, 0.29) is 29.2 Å². The van der Waals surface area contributed by atoms with Crippen molar-refractivity contribution in [2.75, 3.05) is 6.61 Å². The number of hydrogen-bond donors (Lipinski definition) is 1. The summed E-state index contributed by atoms with van der Waals surface area (Å²) >= 11 is 5.57. The van der Waals surface area contributed by atoms with Gasteiger partial charge in [-0.05, 0) is 25.0 Å². The molecule has 0 bridgehead atoms. The molecule has 1 aliphatic rings. The van der Waals surface area contributed by atoms with Gasteiger partial charge in [-0.3, -0.25) is 4.79 Å². The highest BCUT2D eigenvalue weighted by molar-refractivity contribution is 6.30. The van der Waals surface area contributed by atoms with Crippen LogP contribution in [0.5, 0.6) is 5.75 Å². The minimum atomic E-state index is -2.39. The van der Waals surface area contributed by atoms with Gasteiger partial charge in [0.2, 0.25) is 18.2 Å². The summed E-state index contributed by atoms with van der Waals surface area (Å²) < 4.78 is 49.0. The highest BCUT2D eigenvalue weighted by Gasteiger charge is 2.48. The van der Waals surface area contributed by atoms with Gasteiger partial charge in [-0.25, -0.2) is 13.2 Å². The summed E-state index contributed by atoms with van der Waals surface area (Å²) in [6, 6.07) is 3.85. The van der Waals surface area contributed by atoms with Crippen molar-refractivity contribution in [2.45, 2.75) is 31.6 Å². The minimum absolute atomic E-state index is 0.0409. The molecule has 0 saturated heterocycles. The monoisotopic (exact) mass is 415 g/mol. The molecule has 28 heavy (non-hydrogen) atoms. The van der Waals surface area contributed by atoms with E-state index < -0.39 is 24.1 Å². The summed E-state index contributed by atoms with van der Waals surface area (Å²) in [6.45, 7) is 3.39. The lowest BCUT2D eigenvalue weighted by Crippen LogP contribution is -2.28. The molecule has 0 aliphatic heterocycles. The third kappa shape index (κ3) is 5.25. The fourth-order valence-electron chi connectivity index (χ4n) is 2.56. The SMILES string of the molecule is C=C(CCc1nnc([C@H]2C[C@@H]2C(F)F)o1)NC(=O)COc1ccc(Cl)c(F)c1. The van der Waals surface area contributed by atoms with E-state index in [0.717, 1.165) is 6.07 Å². The third-order valence-corrected chi connectivity index (χ3v) is 4.49. The fraction of sp³-hybridized carbons (Fsp3) is 0.389. The molecule has 1 N–H and O–H groups in total. The molecule has 1 aromatic carbocycles. The van der Waals surface area contributed by atoms with Crippen molar-refractivity contribution in [1.29, 1.82) is 0 Å². The number of aryl methyl sites for hydroxylation is 1. The predicted molar refractivity (Wildman–Crippen MR) is 93.7 cm³/mol. The normalized spacial score (nSPS) is 18.2. The molecule has 1 saturated carbocycles. The van der Waals surface area contributed by atoms with E-state index in [9.17, 15) is 18.0 Å². The minimum Gasteiger partial charge on any atom is -0.484 e. The number of amides is 1.